The number of rotatable bonds is 5. The summed E-state index contributed by atoms with van der Waals surface area (Å²) in [7, 11) is -3.34. The number of aliphatic carboxylic acids is 1. The van der Waals surface area contributed by atoms with Crippen LogP contribution in [0.5, 0.6) is 0 Å². The number of carbonyl (C=O) groups is 1. The van der Waals surface area contributed by atoms with Crippen LogP contribution in [0.4, 0.5) is 0 Å². The molecule has 0 saturated carbocycles. The van der Waals surface area contributed by atoms with Crippen LogP contribution in [0.15, 0.2) is 10.9 Å². The fourth-order valence-corrected chi connectivity index (χ4v) is 5.23. The Morgan fingerprint density at radius 2 is 2.27 bits per heavy atom. The van der Waals surface area contributed by atoms with Gasteiger partial charge < -0.3 is 5.11 Å². The maximum absolute atomic E-state index is 12.0. The molecule has 1 N–H and O–H groups in total. The summed E-state index contributed by atoms with van der Waals surface area (Å²) >= 11 is 1.51. The van der Waals surface area contributed by atoms with Crippen LogP contribution in [0.1, 0.15) is 12.6 Å². The number of aromatic nitrogens is 1. The van der Waals surface area contributed by atoms with Crippen LogP contribution in [-0.2, 0) is 21.4 Å². The second-order valence-corrected chi connectivity index (χ2v) is 8.98. The van der Waals surface area contributed by atoms with Crippen LogP contribution in [0.3, 0.4) is 0 Å². The minimum atomic E-state index is -3.34. The lowest BCUT2D eigenvalue weighted by Crippen LogP contribution is -2.42. The Hall–Kier alpha value is -1.03. The maximum Gasteiger partial charge on any atom is 0.312 e. The number of thiazole rings is 1. The Morgan fingerprint density at radius 3 is 2.82 bits per heavy atom. The Labute approximate surface area is 133 Å². The first kappa shape index (κ1) is 15.9. The first-order chi connectivity index (χ1) is 10.4. The number of likely N-dealkylation sites (tertiary alicyclic amines) is 1. The summed E-state index contributed by atoms with van der Waals surface area (Å²) < 4.78 is 25.4. The molecule has 9 heteroatoms. The highest BCUT2D eigenvalue weighted by Gasteiger charge is 2.59. The van der Waals surface area contributed by atoms with Gasteiger partial charge in [0.15, 0.2) is 0 Å². The van der Waals surface area contributed by atoms with Crippen LogP contribution in [0.2, 0.25) is 0 Å². The highest BCUT2D eigenvalue weighted by atomic mass is 32.2. The summed E-state index contributed by atoms with van der Waals surface area (Å²) in [5.74, 6) is -1.05. The minimum absolute atomic E-state index is 0.0119. The topological polar surface area (TPSA) is 90.8 Å². The molecule has 2 unspecified atom stereocenters. The van der Waals surface area contributed by atoms with Gasteiger partial charge in [-0.05, 0) is 6.92 Å². The molecule has 0 bridgehead atoms. The normalized spacial score (nSPS) is 29.8. The van der Waals surface area contributed by atoms with Gasteiger partial charge in [-0.15, -0.1) is 11.3 Å². The lowest BCUT2D eigenvalue weighted by atomic mass is 9.81. The molecule has 0 aliphatic carbocycles. The third-order valence-corrected chi connectivity index (χ3v) is 7.13. The largest absolute Gasteiger partial charge is 0.481 e. The van der Waals surface area contributed by atoms with Crippen molar-refractivity contribution in [2.24, 2.45) is 11.3 Å². The zero-order valence-corrected chi connectivity index (χ0v) is 13.9. The third-order valence-electron chi connectivity index (χ3n) is 4.70. The van der Waals surface area contributed by atoms with E-state index in [1.165, 1.54) is 15.6 Å². The zero-order chi connectivity index (χ0) is 16.0. The molecule has 0 spiro atoms. The molecule has 0 aromatic carbocycles. The van der Waals surface area contributed by atoms with E-state index in [4.69, 9.17) is 0 Å². The van der Waals surface area contributed by atoms with Crippen molar-refractivity contribution < 1.29 is 18.3 Å². The molecule has 3 heterocycles. The van der Waals surface area contributed by atoms with Gasteiger partial charge in [0, 0.05) is 44.0 Å². The summed E-state index contributed by atoms with van der Waals surface area (Å²) in [6.45, 7) is 3.56. The number of carboxylic acids is 1. The van der Waals surface area contributed by atoms with Crippen LogP contribution >= 0.6 is 11.3 Å². The predicted molar refractivity (Wildman–Crippen MR) is 82.0 cm³/mol. The summed E-state index contributed by atoms with van der Waals surface area (Å²) in [6.07, 6.45) is 0. The van der Waals surface area contributed by atoms with Crippen molar-refractivity contribution in [1.29, 1.82) is 0 Å². The highest BCUT2D eigenvalue weighted by molar-refractivity contribution is 7.89. The monoisotopic (exact) mass is 345 g/mol. The average molecular weight is 345 g/mol. The third kappa shape index (κ3) is 2.55. The van der Waals surface area contributed by atoms with E-state index in [1.807, 2.05) is 5.38 Å². The van der Waals surface area contributed by atoms with Crippen molar-refractivity contribution in [2.45, 2.75) is 13.5 Å². The number of hydrogen-bond donors (Lipinski definition) is 1. The first-order valence-electron chi connectivity index (χ1n) is 7.18. The van der Waals surface area contributed by atoms with Gasteiger partial charge >= 0.3 is 5.97 Å². The van der Waals surface area contributed by atoms with Gasteiger partial charge in [0.2, 0.25) is 10.0 Å². The van der Waals surface area contributed by atoms with E-state index in [1.54, 1.807) is 12.4 Å². The lowest BCUT2D eigenvalue weighted by molar-refractivity contribution is -0.148. The van der Waals surface area contributed by atoms with E-state index in [0.717, 1.165) is 5.69 Å². The summed E-state index contributed by atoms with van der Waals surface area (Å²) in [5.41, 5.74) is 1.70. The molecule has 1 aromatic heterocycles. The van der Waals surface area contributed by atoms with Crippen molar-refractivity contribution in [2.75, 3.05) is 31.9 Å². The summed E-state index contributed by atoms with van der Waals surface area (Å²) in [5, 5.41) is 11.7. The molecule has 2 atom stereocenters. The first-order valence-corrected chi connectivity index (χ1v) is 9.73. The SMILES string of the molecule is CCS(=O)(=O)N1CC2CN(Cc3cscn3)CC2(C(=O)O)C1. The summed E-state index contributed by atoms with van der Waals surface area (Å²) in [6, 6.07) is 0. The molecule has 2 aliphatic rings. The van der Waals surface area contributed by atoms with Crippen molar-refractivity contribution >= 4 is 27.3 Å². The van der Waals surface area contributed by atoms with Crippen LogP contribution < -0.4 is 0 Å². The molecule has 3 rings (SSSR count). The van der Waals surface area contributed by atoms with Gasteiger partial charge in [-0.25, -0.2) is 17.7 Å². The molecular formula is C13H19N3O4S2. The number of nitrogens with zero attached hydrogens (tertiary/aromatic N) is 3. The van der Waals surface area contributed by atoms with Crippen molar-refractivity contribution in [3.63, 3.8) is 0 Å². The standard InChI is InChI=1S/C13H19N3O4S2/c1-2-22(19,20)16-4-10-3-15(5-11-6-21-9-14-11)7-13(10,8-16)12(17)18/h6,9-10H,2-5,7-8H2,1H3,(H,17,18). The van der Waals surface area contributed by atoms with E-state index in [9.17, 15) is 18.3 Å². The molecule has 2 fully saturated rings. The van der Waals surface area contributed by atoms with E-state index in [0.29, 0.717) is 26.2 Å². The van der Waals surface area contributed by atoms with Gasteiger partial charge in [-0.3, -0.25) is 9.69 Å². The van der Waals surface area contributed by atoms with Crippen LogP contribution in [0.25, 0.3) is 0 Å². The quantitative estimate of drug-likeness (QED) is 0.826. The molecule has 1 aromatic rings. The molecule has 2 aliphatic heterocycles. The Balaban J connectivity index is 1.78. The van der Waals surface area contributed by atoms with E-state index in [-0.39, 0.29) is 18.2 Å². The fourth-order valence-electron chi connectivity index (χ4n) is 3.49. The molecule has 0 radical (unpaired) electrons. The van der Waals surface area contributed by atoms with E-state index in [2.05, 4.69) is 9.88 Å². The lowest BCUT2D eigenvalue weighted by Gasteiger charge is -2.24. The maximum atomic E-state index is 12.0. The second kappa shape index (κ2) is 5.55. The molecule has 2 saturated heterocycles. The van der Waals surface area contributed by atoms with E-state index >= 15 is 0 Å². The Kier molecular flexibility index (Phi) is 4.00. The predicted octanol–water partition coefficient (Wildman–Crippen LogP) is 0.311. The highest BCUT2D eigenvalue weighted by Crippen LogP contribution is 2.44. The number of sulfonamides is 1. The van der Waals surface area contributed by atoms with Crippen molar-refractivity contribution in [3.8, 4) is 0 Å². The zero-order valence-electron chi connectivity index (χ0n) is 12.3. The molecule has 7 nitrogen and oxygen atoms in total. The minimum Gasteiger partial charge on any atom is -0.481 e. The smallest absolute Gasteiger partial charge is 0.312 e. The second-order valence-electron chi connectivity index (χ2n) is 6.00. The molecule has 22 heavy (non-hydrogen) atoms. The van der Waals surface area contributed by atoms with Gasteiger partial charge in [0.1, 0.15) is 0 Å². The fraction of sp³-hybridized carbons (Fsp3) is 0.692. The molecular weight excluding hydrogens is 326 g/mol. The van der Waals surface area contributed by atoms with Crippen molar-refractivity contribution in [1.82, 2.24) is 14.2 Å². The van der Waals surface area contributed by atoms with Crippen molar-refractivity contribution in [3.05, 3.63) is 16.6 Å². The van der Waals surface area contributed by atoms with Gasteiger partial charge in [-0.1, -0.05) is 0 Å². The van der Waals surface area contributed by atoms with Gasteiger partial charge in [0.25, 0.3) is 0 Å². The number of fused-ring (bicyclic) bond motifs is 1. The van der Waals surface area contributed by atoms with E-state index < -0.39 is 21.4 Å². The van der Waals surface area contributed by atoms with Crippen LogP contribution in [0, 0.1) is 11.3 Å². The Bertz CT molecular complexity index is 661. The Morgan fingerprint density at radius 1 is 1.50 bits per heavy atom. The average Bonchev–Trinajstić information content (AvgIpc) is 3.13. The summed E-state index contributed by atoms with van der Waals surface area (Å²) in [4.78, 5) is 18.2. The number of hydrogen-bond acceptors (Lipinski definition) is 6. The van der Waals surface area contributed by atoms with Gasteiger partial charge in [0.05, 0.1) is 22.4 Å². The molecule has 122 valence electrons. The molecule has 0 amide bonds. The van der Waals surface area contributed by atoms with Gasteiger partial charge in [-0.2, -0.15) is 0 Å². The van der Waals surface area contributed by atoms with Crippen LogP contribution in [-0.4, -0.2) is 65.6 Å². The number of carboxylic acid groups (broad SMARTS) is 1.